The standard InChI is InChI=1S/C20H28N2O/c1-3-9-20(23)17-21(13-4-2)16-19-12-8-14-22(19)15-18-10-6-5-7-11-18/h4-8,10-12,14,20,23H,2-3,9,13,15-17H2,1H3. The Hall–Kier alpha value is -1.84. The molecule has 0 saturated carbocycles. The fraction of sp³-hybridized carbons (Fsp3) is 0.400. The number of aromatic nitrogens is 1. The summed E-state index contributed by atoms with van der Waals surface area (Å²) in [6.07, 6.45) is 5.61. The molecule has 23 heavy (non-hydrogen) atoms. The third-order valence-corrected chi connectivity index (χ3v) is 3.98. The number of nitrogens with zero attached hydrogens (tertiary/aromatic N) is 2. The van der Waals surface area contributed by atoms with Gasteiger partial charge in [-0.25, -0.2) is 0 Å². The van der Waals surface area contributed by atoms with Gasteiger partial charge in [-0.1, -0.05) is 49.8 Å². The number of rotatable bonds is 10. The highest BCUT2D eigenvalue weighted by Crippen LogP contribution is 2.12. The maximum Gasteiger partial charge on any atom is 0.0667 e. The average molecular weight is 312 g/mol. The van der Waals surface area contributed by atoms with Gasteiger partial charge in [0.1, 0.15) is 0 Å². The number of hydrogen-bond donors (Lipinski definition) is 1. The summed E-state index contributed by atoms with van der Waals surface area (Å²) < 4.78 is 2.28. The Morgan fingerprint density at radius 1 is 1.22 bits per heavy atom. The predicted molar refractivity (Wildman–Crippen MR) is 96.4 cm³/mol. The van der Waals surface area contributed by atoms with E-state index in [0.717, 1.165) is 32.5 Å². The van der Waals surface area contributed by atoms with Crippen LogP contribution in [0.3, 0.4) is 0 Å². The van der Waals surface area contributed by atoms with Crippen molar-refractivity contribution < 1.29 is 5.11 Å². The first kappa shape index (κ1) is 17.5. The second-order valence-electron chi connectivity index (χ2n) is 6.04. The fourth-order valence-electron chi connectivity index (χ4n) is 2.87. The van der Waals surface area contributed by atoms with Crippen LogP contribution in [-0.4, -0.2) is 33.8 Å². The van der Waals surface area contributed by atoms with Gasteiger partial charge in [0.05, 0.1) is 6.10 Å². The average Bonchev–Trinajstić information content (AvgIpc) is 2.96. The van der Waals surface area contributed by atoms with E-state index in [9.17, 15) is 5.11 Å². The van der Waals surface area contributed by atoms with Crippen LogP contribution in [0.4, 0.5) is 0 Å². The van der Waals surface area contributed by atoms with E-state index in [1.54, 1.807) is 0 Å². The van der Waals surface area contributed by atoms with Gasteiger partial charge in [-0.05, 0) is 24.1 Å². The maximum absolute atomic E-state index is 10.1. The molecule has 0 saturated heterocycles. The van der Waals surface area contributed by atoms with E-state index in [4.69, 9.17) is 0 Å². The Bertz CT molecular complexity index is 576. The van der Waals surface area contributed by atoms with Gasteiger partial charge in [0, 0.05) is 38.1 Å². The van der Waals surface area contributed by atoms with E-state index < -0.39 is 0 Å². The molecular weight excluding hydrogens is 284 g/mol. The van der Waals surface area contributed by atoms with Crippen molar-refractivity contribution in [3.8, 4) is 0 Å². The lowest BCUT2D eigenvalue weighted by Gasteiger charge is -2.24. The molecule has 0 aliphatic heterocycles. The second-order valence-corrected chi connectivity index (χ2v) is 6.04. The lowest BCUT2D eigenvalue weighted by atomic mass is 10.2. The molecule has 2 aromatic rings. The molecule has 1 aromatic heterocycles. The summed E-state index contributed by atoms with van der Waals surface area (Å²) in [6, 6.07) is 14.7. The van der Waals surface area contributed by atoms with E-state index in [1.807, 2.05) is 12.1 Å². The zero-order chi connectivity index (χ0) is 16.5. The molecule has 2 rings (SSSR count). The molecule has 0 fully saturated rings. The van der Waals surface area contributed by atoms with Crippen LogP contribution in [0.5, 0.6) is 0 Å². The van der Waals surface area contributed by atoms with Gasteiger partial charge < -0.3 is 9.67 Å². The summed E-state index contributed by atoms with van der Waals surface area (Å²) in [7, 11) is 0. The van der Waals surface area contributed by atoms with Crippen LogP contribution in [0.15, 0.2) is 61.3 Å². The molecule has 0 amide bonds. The van der Waals surface area contributed by atoms with Crippen LogP contribution in [0.2, 0.25) is 0 Å². The molecule has 0 radical (unpaired) electrons. The van der Waals surface area contributed by atoms with Crippen LogP contribution in [0.25, 0.3) is 0 Å². The first-order chi connectivity index (χ1) is 11.2. The van der Waals surface area contributed by atoms with Gasteiger partial charge >= 0.3 is 0 Å². The lowest BCUT2D eigenvalue weighted by molar-refractivity contribution is 0.106. The molecule has 0 bridgehead atoms. The number of hydrogen-bond acceptors (Lipinski definition) is 2. The topological polar surface area (TPSA) is 28.4 Å². The second kappa shape index (κ2) is 9.33. The molecule has 1 atom stereocenters. The normalized spacial score (nSPS) is 12.5. The molecule has 124 valence electrons. The van der Waals surface area contributed by atoms with Gasteiger partial charge in [0.2, 0.25) is 0 Å². The van der Waals surface area contributed by atoms with Gasteiger partial charge in [-0.3, -0.25) is 4.90 Å². The van der Waals surface area contributed by atoms with E-state index in [-0.39, 0.29) is 6.10 Å². The first-order valence-electron chi connectivity index (χ1n) is 8.42. The molecule has 0 spiro atoms. The molecule has 1 N–H and O–H groups in total. The van der Waals surface area contributed by atoms with Gasteiger partial charge in [0.25, 0.3) is 0 Å². The highest BCUT2D eigenvalue weighted by atomic mass is 16.3. The van der Waals surface area contributed by atoms with Crippen molar-refractivity contribution in [3.63, 3.8) is 0 Å². The zero-order valence-electron chi connectivity index (χ0n) is 14.1. The van der Waals surface area contributed by atoms with Crippen molar-refractivity contribution >= 4 is 0 Å². The monoisotopic (exact) mass is 312 g/mol. The van der Waals surface area contributed by atoms with Crippen LogP contribution in [0.1, 0.15) is 31.0 Å². The summed E-state index contributed by atoms with van der Waals surface area (Å²) >= 11 is 0. The summed E-state index contributed by atoms with van der Waals surface area (Å²) in [5, 5.41) is 10.1. The van der Waals surface area contributed by atoms with Crippen LogP contribution in [0, 0.1) is 0 Å². The van der Waals surface area contributed by atoms with Gasteiger partial charge in [-0.2, -0.15) is 0 Å². The van der Waals surface area contributed by atoms with E-state index in [1.165, 1.54) is 11.3 Å². The lowest BCUT2D eigenvalue weighted by Crippen LogP contribution is -2.33. The number of aliphatic hydroxyl groups is 1. The van der Waals surface area contributed by atoms with Crippen LogP contribution in [-0.2, 0) is 13.1 Å². The molecule has 1 aromatic carbocycles. The van der Waals surface area contributed by atoms with Crippen LogP contribution >= 0.6 is 0 Å². The van der Waals surface area contributed by atoms with Gasteiger partial charge in [-0.15, -0.1) is 6.58 Å². The van der Waals surface area contributed by atoms with E-state index in [0.29, 0.717) is 6.54 Å². The van der Waals surface area contributed by atoms with Crippen molar-refractivity contribution in [2.75, 3.05) is 13.1 Å². The van der Waals surface area contributed by atoms with Crippen molar-refractivity contribution in [2.24, 2.45) is 0 Å². The SMILES string of the molecule is C=CCN(Cc1cccn1Cc1ccccc1)CC(O)CCC. The summed E-state index contributed by atoms with van der Waals surface area (Å²) in [6.45, 7) is 9.13. The maximum atomic E-state index is 10.1. The predicted octanol–water partition coefficient (Wildman–Crippen LogP) is 3.69. The Labute approximate surface area is 139 Å². The van der Waals surface area contributed by atoms with Crippen molar-refractivity contribution in [1.29, 1.82) is 0 Å². The van der Waals surface area contributed by atoms with E-state index in [2.05, 4.69) is 65.6 Å². The minimum Gasteiger partial charge on any atom is -0.392 e. The summed E-state index contributed by atoms with van der Waals surface area (Å²) in [5.74, 6) is 0. The number of benzene rings is 1. The summed E-state index contributed by atoms with van der Waals surface area (Å²) in [4.78, 5) is 2.25. The largest absolute Gasteiger partial charge is 0.392 e. The number of aliphatic hydroxyl groups excluding tert-OH is 1. The van der Waals surface area contributed by atoms with Crippen molar-refractivity contribution in [3.05, 3.63) is 72.6 Å². The third kappa shape index (κ3) is 5.70. The van der Waals surface area contributed by atoms with Crippen LogP contribution < -0.4 is 0 Å². The highest BCUT2D eigenvalue weighted by Gasteiger charge is 2.12. The molecule has 0 aliphatic carbocycles. The Balaban J connectivity index is 2.02. The first-order valence-corrected chi connectivity index (χ1v) is 8.42. The zero-order valence-corrected chi connectivity index (χ0v) is 14.1. The Morgan fingerprint density at radius 2 is 2.00 bits per heavy atom. The van der Waals surface area contributed by atoms with Crippen molar-refractivity contribution in [1.82, 2.24) is 9.47 Å². The highest BCUT2D eigenvalue weighted by molar-refractivity contribution is 5.17. The fourth-order valence-corrected chi connectivity index (χ4v) is 2.87. The Kier molecular flexibility index (Phi) is 7.11. The van der Waals surface area contributed by atoms with Crippen molar-refractivity contribution in [2.45, 2.75) is 39.0 Å². The third-order valence-electron chi connectivity index (χ3n) is 3.98. The molecule has 1 unspecified atom stereocenters. The molecule has 3 nitrogen and oxygen atoms in total. The smallest absolute Gasteiger partial charge is 0.0667 e. The molecule has 0 aliphatic rings. The minimum atomic E-state index is -0.266. The quantitative estimate of drug-likeness (QED) is 0.678. The molecular formula is C20H28N2O. The minimum absolute atomic E-state index is 0.266. The van der Waals surface area contributed by atoms with E-state index >= 15 is 0 Å². The molecule has 3 heteroatoms. The van der Waals surface area contributed by atoms with Gasteiger partial charge in [0.15, 0.2) is 0 Å². The summed E-state index contributed by atoms with van der Waals surface area (Å²) in [5.41, 5.74) is 2.56. The molecule has 1 heterocycles. The Morgan fingerprint density at radius 3 is 2.70 bits per heavy atom.